The largest absolute Gasteiger partial charge is 0.317 e. The lowest BCUT2D eigenvalue weighted by molar-refractivity contribution is 0.233. The first-order valence-corrected chi connectivity index (χ1v) is 7.01. The van der Waals surface area contributed by atoms with Crippen LogP contribution < -0.4 is 5.32 Å². The number of nitrogens with one attached hydrogen (secondary N) is 1. The van der Waals surface area contributed by atoms with Crippen molar-refractivity contribution in [2.45, 2.75) is 45.7 Å². The van der Waals surface area contributed by atoms with Crippen LogP contribution in [0.3, 0.4) is 0 Å². The van der Waals surface area contributed by atoms with Gasteiger partial charge in [-0.1, -0.05) is 6.92 Å². The molecule has 1 unspecified atom stereocenters. The lowest BCUT2D eigenvalue weighted by atomic mass is 10.2. The van der Waals surface area contributed by atoms with Gasteiger partial charge < -0.3 is 9.88 Å². The van der Waals surface area contributed by atoms with Crippen LogP contribution in [-0.4, -0.2) is 45.3 Å². The highest BCUT2D eigenvalue weighted by Gasteiger charge is 2.19. The molecular weight excluding hydrogens is 226 g/mol. The van der Waals surface area contributed by atoms with E-state index in [2.05, 4.69) is 31.9 Å². The lowest BCUT2D eigenvalue weighted by Gasteiger charge is -2.24. The number of hydrogen-bond donors (Lipinski definition) is 1. The monoisotopic (exact) mass is 251 g/mol. The fourth-order valence-electron chi connectivity index (χ4n) is 2.56. The molecule has 2 heterocycles. The Hall–Kier alpha value is -0.940. The Labute approximate surface area is 110 Å². The zero-order chi connectivity index (χ0) is 13.0. The Morgan fingerprint density at radius 1 is 1.44 bits per heavy atom. The quantitative estimate of drug-likeness (QED) is 0.822. The fraction of sp³-hybridized carbons (Fsp3) is 0.846. The van der Waals surface area contributed by atoms with Crippen LogP contribution >= 0.6 is 0 Å². The summed E-state index contributed by atoms with van der Waals surface area (Å²) in [7, 11) is 2.04. The van der Waals surface area contributed by atoms with E-state index in [1.165, 1.54) is 25.8 Å². The Kier molecular flexibility index (Phi) is 4.72. The van der Waals surface area contributed by atoms with Crippen molar-refractivity contribution in [1.82, 2.24) is 25.0 Å². The third-order valence-electron chi connectivity index (χ3n) is 3.73. The van der Waals surface area contributed by atoms with E-state index in [0.717, 1.165) is 31.3 Å². The standard InChI is InChI=1S/C13H25N5/c1-4-8-18(9-12-6-5-7-14-12)10-13-16-15-11(2)17(13)3/h12,14H,4-10H2,1-3H3. The van der Waals surface area contributed by atoms with Crippen LogP contribution in [0.5, 0.6) is 0 Å². The van der Waals surface area contributed by atoms with E-state index in [0.29, 0.717) is 6.04 Å². The van der Waals surface area contributed by atoms with Gasteiger partial charge in [0.15, 0.2) is 0 Å². The Balaban J connectivity index is 1.94. The number of aryl methyl sites for hydroxylation is 1. The molecule has 1 aliphatic rings. The van der Waals surface area contributed by atoms with Gasteiger partial charge in [-0.05, 0) is 39.3 Å². The normalized spacial score (nSPS) is 19.9. The summed E-state index contributed by atoms with van der Waals surface area (Å²) in [6.07, 6.45) is 3.80. The Bertz CT molecular complexity index is 367. The fourth-order valence-corrected chi connectivity index (χ4v) is 2.56. The first kappa shape index (κ1) is 13.5. The van der Waals surface area contributed by atoms with Crippen LogP contribution in [0.2, 0.25) is 0 Å². The maximum absolute atomic E-state index is 4.26. The number of rotatable bonds is 6. The van der Waals surface area contributed by atoms with Crippen LogP contribution in [0.4, 0.5) is 0 Å². The highest BCUT2D eigenvalue weighted by atomic mass is 15.3. The molecule has 0 radical (unpaired) electrons. The molecule has 1 aromatic heterocycles. The van der Waals surface area contributed by atoms with Crippen molar-refractivity contribution in [3.05, 3.63) is 11.6 Å². The van der Waals surface area contributed by atoms with Gasteiger partial charge in [-0.25, -0.2) is 0 Å². The highest BCUT2D eigenvalue weighted by Crippen LogP contribution is 2.10. The predicted octanol–water partition coefficient (Wildman–Crippen LogP) is 1.09. The molecule has 5 nitrogen and oxygen atoms in total. The molecule has 1 aliphatic heterocycles. The summed E-state index contributed by atoms with van der Waals surface area (Å²) in [5.41, 5.74) is 0. The summed E-state index contributed by atoms with van der Waals surface area (Å²) in [5.74, 6) is 2.05. The molecule has 5 heteroatoms. The topological polar surface area (TPSA) is 46.0 Å². The minimum atomic E-state index is 0.658. The summed E-state index contributed by atoms with van der Waals surface area (Å²) in [6.45, 7) is 8.57. The predicted molar refractivity (Wildman–Crippen MR) is 72.3 cm³/mol. The maximum atomic E-state index is 4.26. The van der Waals surface area contributed by atoms with Gasteiger partial charge in [0.2, 0.25) is 0 Å². The summed E-state index contributed by atoms with van der Waals surface area (Å²) in [5, 5.41) is 12.0. The van der Waals surface area contributed by atoms with E-state index in [-0.39, 0.29) is 0 Å². The second kappa shape index (κ2) is 6.29. The molecule has 1 fully saturated rings. The molecule has 1 N–H and O–H groups in total. The summed E-state index contributed by atoms with van der Waals surface area (Å²) < 4.78 is 2.09. The van der Waals surface area contributed by atoms with E-state index >= 15 is 0 Å². The van der Waals surface area contributed by atoms with Gasteiger partial charge in [-0.3, -0.25) is 4.90 Å². The second-order valence-electron chi connectivity index (χ2n) is 5.25. The van der Waals surface area contributed by atoms with Crippen LogP contribution in [0.15, 0.2) is 0 Å². The number of aromatic nitrogens is 3. The van der Waals surface area contributed by atoms with Crippen molar-refractivity contribution in [2.24, 2.45) is 7.05 Å². The molecule has 102 valence electrons. The Morgan fingerprint density at radius 2 is 2.28 bits per heavy atom. The first-order chi connectivity index (χ1) is 8.70. The van der Waals surface area contributed by atoms with Gasteiger partial charge in [0.1, 0.15) is 11.6 Å². The number of nitrogens with zero attached hydrogens (tertiary/aromatic N) is 4. The van der Waals surface area contributed by atoms with Gasteiger partial charge in [-0.2, -0.15) is 0 Å². The van der Waals surface area contributed by atoms with Gasteiger partial charge in [0, 0.05) is 19.6 Å². The third kappa shape index (κ3) is 3.29. The number of hydrogen-bond acceptors (Lipinski definition) is 4. The van der Waals surface area contributed by atoms with Crippen LogP contribution in [-0.2, 0) is 13.6 Å². The van der Waals surface area contributed by atoms with Crippen molar-refractivity contribution >= 4 is 0 Å². The zero-order valence-corrected chi connectivity index (χ0v) is 11.8. The molecule has 0 aliphatic carbocycles. The second-order valence-corrected chi connectivity index (χ2v) is 5.25. The molecule has 1 saturated heterocycles. The molecule has 1 atom stereocenters. The van der Waals surface area contributed by atoms with Gasteiger partial charge >= 0.3 is 0 Å². The molecule has 1 aromatic rings. The summed E-state index contributed by atoms with van der Waals surface area (Å²) >= 11 is 0. The van der Waals surface area contributed by atoms with E-state index in [4.69, 9.17) is 0 Å². The summed E-state index contributed by atoms with van der Waals surface area (Å²) in [6, 6.07) is 0.658. The molecule has 0 bridgehead atoms. The SMILES string of the molecule is CCCN(Cc1nnc(C)n1C)CC1CCCN1. The van der Waals surface area contributed by atoms with Crippen molar-refractivity contribution < 1.29 is 0 Å². The van der Waals surface area contributed by atoms with E-state index in [1.807, 2.05) is 14.0 Å². The molecule has 0 spiro atoms. The van der Waals surface area contributed by atoms with Crippen LogP contribution in [0, 0.1) is 6.92 Å². The van der Waals surface area contributed by atoms with Gasteiger partial charge in [0.25, 0.3) is 0 Å². The third-order valence-corrected chi connectivity index (χ3v) is 3.73. The Morgan fingerprint density at radius 3 is 2.83 bits per heavy atom. The van der Waals surface area contributed by atoms with Gasteiger partial charge in [-0.15, -0.1) is 10.2 Å². The van der Waals surface area contributed by atoms with E-state index in [9.17, 15) is 0 Å². The molecule has 18 heavy (non-hydrogen) atoms. The molecule has 0 amide bonds. The minimum Gasteiger partial charge on any atom is -0.317 e. The van der Waals surface area contributed by atoms with Crippen molar-refractivity contribution in [3.63, 3.8) is 0 Å². The van der Waals surface area contributed by atoms with Crippen molar-refractivity contribution in [2.75, 3.05) is 19.6 Å². The van der Waals surface area contributed by atoms with Gasteiger partial charge in [0.05, 0.1) is 6.54 Å². The van der Waals surface area contributed by atoms with Crippen molar-refractivity contribution in [1.29, 1.82) is 0 Å². The molecule has 0 saturated carbocycles. The summed E-state index contributed by atoms with van der Waals surface area (Å²) in [4.78, 5) is 2.49. The van der Waals surface area contributed by atoms with E-state index in [1.54, 1.807) is 0 Å². The average Bonchev–Trinajstić information content (AvgIpc) is 2.95. The first-order valence-electron chi connectivity index (χ1n) is 7.01. The van der Waals surface area contributed by atoms with Crippen LogP contribution in [0.1, 0.15) is 37.8 Å². The van der Waals surface area contributed by atoms with Crippen LogP contribution in [0.25, 0.3) is 0 Å². The molecular formula is C13H25N5. The van der Waals surface area contributed by atoms with E-state index < -0.39 is 0 Å². The molecule has 0 aromatic carbocycles. The lowest BCUT2D eigenvalue weighted by Crippen LogP contribution is -2.38. The van der Waals surface area contributed by atoms with Crippen molar-refractivity contribution in [3.8, 4) is 0 Å². The maximum Gasteiger partial charge on any atom is 0.146 e. The zero-order valence-electron chi connectivity index (χ0n) is 11.8. The average molecular weight is 251 g/mol. The molecule has 2 rings (SSSR count). The minimum absolute atomic E-state index is 0.658. The highest BCUT2D eigenvalue weighted by molar-refractivity contribution is 4.93. The smallest absolute Gasteiger partial charge is 0.146 e.